The molecule has 0 amide bonds. The van der Waals surface area contributed by atoms with Crippen molar-refractivity contribution in [3.63, 3.8) is 0 Å². The largest absolute Gasteiger partial charge is 0.496 e. The maximum Gasteiger partial charge on any atom is 0.204 e. The zero-order valence-corrected chi connectivity index (χ0v) is 21.5. The van der Waals surface area contributed by atoms with Crippen molar-refractivity contribution < 1.29 is 18.6 Å². The lowest BCUT2D eigenvalue weighted by molar-refractivity contribution is 0.215. The highest BCUT2D eigenvalue weighted by Crippen LogP contribution is 2.30. The molecule has 3 aromatic rings. The van der Waals surface area contributed by atoms with Gasteiger partial charge >= 0.3 is 0 Å². The van der Waals surface area contributed by atoms with Crippen molar-refractivity contribution in [1.82, 2.24) is 0 Å². The molecule has 0 aliphatic heterocycles. The Labute approximate surface area is 198 Å². The highest BCUT2D eigenvalue weighted by Gasteiger charge is 2.17. The van der Waals surface area contributed by atoms with Gasteiger partial charge in [0.05, 0.1) is 12.5 Å². The Hall–Kier alpha value is -2.89. The first-order valence-corrected chi connectivity index (χ1v) is 11.2. The number of hydrogen-bond donors (Lipinski definition) is 0. The van der Waals surface area contributed by atoms with Gasteiger partial charge in [-0.1, -0.05) is 44.2 Å². The molecule has 1 heterocycles. The molecule has 0 radical (unpaired) electrons. The Morgan fingerprint density at radius 3 is 2.15 bits per heavy atom. The van der Waals surface area contributed by atoms with Gasteiger partial charge in [0.2, 0.25) is 5.43 Å². The van der Waals surface area contributed by atoms with Crippen LogP contribution in [0.25, 0.3) is 28.0 Å². The summed E-state index contributed by atoms with van der Waals surface area (Å²) in [5.74, 6) is 0.556. The molecule has 1 aliphatic rings. The van der Waals surface area contributed by atoms with Gasteiger partial charge in [-0.05, 0) is 56.0 Å². The maximum absolute atomic E-state index is 13.0. The summed E-state index contributed by atoms with van der Waals surface area (Å²) in [7, 11) is 6.50. The summed E-state index contributed by atoms with van der Waals surface area (Å²) >= 11 is 0. The van der Waals surface area contributed by atoms with Gasteiger partial charge in [0.15, 0.2) is 0 Å². The molecule has 0 saturated heterocycles. The molecule has 0 bridgehead atoms. The average molecular weight is 457 g/mol. The number of hydrogen-bond acceptors (Lipinski definition) is 5. The van der Waals surface area contributed by atoms with Crippen LogP contribution in [-0.4, -0.2) is 35.0 Å². The monoisotopic (exact) mass is 456 g/mol. The van der Waals surface area contributed by atoms with Crippen molar-refractivity contribution in [3.8, 4) is 5.75 Å². The summed E-state index contributed by atoms with van der Waals surface area (Å²) in [5.41, 5.74) is 3.36. The van der Waals surface area contributed by atoms with Crippen LogP contribution in [0, 0.1) is 0 Å². The molecule has 5 heteroatoms. The molecular formula is C28H40O5. The van der Waals surface area contributed by atoms with Crippen LogP contribution in [0.15, 0.2) is 58.3 Å². The SMILES string of the molecule is C=CC.CC.CCOC.COC.COc1cccc2oc3ccc4c(c3c(=O)c12)C=CCC4. The van der Waals surface area contributed by atoms with Crippen LogP contribution in [0.1, 0.15) is 45.2 Å². The zero-order valence-electron chi connectivity index (χ0n) is 21.5. The highest BCUT2D eigenvalue weighted by atomic mass is 16.5. The number of rotatable bonds is 2. The minimum Gasteiger partial charge on any atom is -0.496 e. The third-order valence-corrected chi connectivity index (χ3v) is 4.33. The summed E-state index contributed by atoms with van der Waals surface area (Å²) in [4.78, 5) is 13.0. The molecule has 0 atom stereocenters. The van der Waals surface area contributed by atoms with Crippen LogP contribution in [-0.2, 0) is 15.9 Å². The molecule has 0 saturated carbocycles. The zero-order chi connectivity index (χ0) is 25.2. The molecule has 0 unspecified atom stereocenters. The quantitative estimate of drug-likeness (QED) is 0.305. The van der Waals surface area contributed by atoms with Crippen molar-refractivity contribution in [2.45, 2.75) is 40.5 Å². The molecule has 182 valence electrons. The Morgan fingerprint density at radius 1 is 1.03 bits per heavy atom. The smallest absolute Gasteiger partial charge is 0.204 e. The fraction of sp³-hybridized carbons (Fsp3) is 0.393. The van der Waals surface area contributed by atoms with Crippen LogP contribution in [0.2, 0.25) is 0 Å². The van der Waals surface area contributed by atoms with Crippen LogP contribution in [0.5, 0.6) is 5.75 Å². The average Bonchev–Trinajstić information content (AvgIpc) is 2.85. The van der Waals surface area contributed by atoms with Crippen molar-refractivity contribution in [2.24, 2.45) is 0 Å². The van der Waals surface area contributed by atoms with Crippen molar-refractivity contribution >= 4 is 28.0 Å². The third kappa shape index (κ3) is 8.52. The van der Waals surface area contributed by atoms with Crippen molar-refractivity contribution in [2.75, 3.05) is 35.0 Å². The number of methoxy groups -OCH3 is 3. The molecule has 1 aliphatic carbocycles. The lowest BCUT2D eigenvalue weighted by Gasteiger charge is -2.13. The van der Waals surface area contributed by atoms with Gasteiger partial charge in [-0.3, -0.25) is 4.79 Å². The fourth-order valence-electron chi connectivity index (χ4n) is 3.04. The minimum absolute atomic E-state index is 0.0212. The van der Waals surface area contributed by atoms with Gasteiger partial charge in [0.1, 0.15) is 22.3 Å². The summed E-state index contributed by atoms with van der Waals surface area (Å²) < 4.78 is 20.0. The third-order valence-electron chi connectivity index (χ3n) is 4.33. The first-order chi connectivity index (χ1) is 16.0. The van der Waals surface area contributed by atoms with Gasteiger partial charge in [-0.25, -0.2) is 0 Å². The molecule has 4 rings (SSSR count). The van der Waals surface area contributed by atoms with E-state index in [9.17, 15) is 4.79 Å². The van der Waals surface area contributed by atoms with E-state index in [0.717, 1.165) is 25.0 Å². The van der Waals surface area contributed by atoms with Gasteiger partial charge in [-0.15, -0.1) is 6.58 Å². The molecule has 33 heavy (non-hydrogen) atoms. The molecule has 1 aromatic heterocycles. The van der Waals surface area contributed by atoms with Crippen molar-refractivity contribution in [1.29, 1.82) is 0 Å². The lowest BCUT2D eigenvalue weighted by atomic mass is 9.93. The van der Waals surface area contributed by atoms with E-state index in [1.807, 2.05) is 45.9 Å². The van der Waals surface area contributed by atoms with E-state index < -0.39 is 0 Å². The second-order valence-corrected chi connectivity index (χ2v) is 6.61. The van der Waals surface area contributed by atoms with E-state index in [-0.39, 0.29) is 5.43 Å². The molecule has 0 spiro atoms. The Balaban J connectivity index is 0.000000726. The van der Waals surface area contributed by atoms with Gasteiger partial charge < -0.3 is 18.6 Å². The lowest BCUT2D eigenvalue weighted by Crippen LogP contribution is -2.08. The molecule has 0 fully saturated rings. The van der Waals surface area contributed by atoms with Gasteiger partial charge in [0, 0.05) is 27.9 Å². The minimum atomic E-state index is -0.0212. The first kappa shape index (κ1) is 30.1. The summed E-state index contributed by atoms with van der Waals surface area (Å²) in [6.07, 6.45) is 7.86. The van der Waals surface area contributed by atoms with Crippen LogP contribution in [0.4, 0.5) is 0 Å². The van der Waals surface area contributed by atoms with E-state index in [2.05, 4.69) is 28.2 Å². The Morgan fingerprint density at radius 2 is 1.61 bits per heavy atom. The maximum atomic E-state index is 13.0. The van der Waals surface area contributed by atoms with E-state index in [0.29, 0.717) is 27.7 Å². The Kier molecular flexibility index (Phi) is 16.1. The normalized spacial score (nSPS) is 10.7. The van der Waals surface area contributed by atoms with E-state index in [1.54, 1.807) is 46.6 Å². The molecule has 2 aromatic carbocycles. The number of benzene rings is 2. The highest BCUT2D eigenvalue weighted by molar-refractivity contribution is 5.97. The van der Waals surface area contributed by atoms with Gasteiger partial charge in [0.25, 0.3) is 0 Å². The topological polar surface area (TPSA) is 57.9 Å². The van der Waals surface area contributed by atoms with Crippen LogP contribution in [0.3, 0.4) is 0 Å². The summed E-state index contributed by atoms with van der Waals surface area (Å²) in [6.45, 7) is 12.0. The van der Waals surface area contributed by atoms with E-state index in [4.69, 9.17) is 9.15 Å². The number of allylic oxidation sites excluding steroid dienone is 2. The predicted molar refractivity (Wildman–Crippen MR) is 142 cm³/mol. The van der Waals surface area contributed by atoms with Crippen LogP contribution < -0.4 is 10.2 Å². The fourth-order valence-corrected chi connectivity index (χ4v) is 3.04. The number of aryl methyl sites for hydroxylation is 1. The molecule has 5 nitrogen and oxygen atoms in total. The molecular weight excluding hydrogens is 416 g/mol. The first-order valence-electron chi connectivity index (χ1n) is 11.2. The Bertz CT molecular complexity index is 1050. The van der Waals surface area contributed by atoms with E-state index in [1.165, 1.54) is 5.56 Å². The summed E-state index contributed by atoms with van der Waals surface area (Å²) in [5, 5.41) is 1.17. The van der Waals surface area contributed by atoms with Crippen molar-refractivity contribution in [3.05, 3.63) is 70.4 Å². The number of ether oxygens (including phenoxy) is 3. The second kappa shape index (κ2) is 17.6. The molecule has 0 N–H and O–H groups in total. The van der Waals surface area contributed by atoms with Crippen LogP contribution >= 0.6 is 0 Å². The standard InChI is InChI=1S/C18H14O3.C3H8O.C3H6.C2H6O.C2H6/c1-20-13-7-4-8-14-17(13)18(19)16-12-6-3-2-5-11(12)9-10-15(16)21-14;1-3-4-2;2*1-3-2;1-2/h3-4,6-10H,2,5H2,1H3;3H2,1-2H3;3H,1H2,2H3;1-2H3;1-2H3. The second-order valence-electron chi connectivity index (χ2n) is 6.61. The van der Waals surface area contributed by atoms with E-state index >= 15 is 0 Å². The van der Waals surface area contributed by atoms with Gasteiger partial charge in [-0.2, -0.15) is 0 Å². The summed E-state index contributed by atoms with van der Waals surface area (Å²) in [6, 6.07) is 9.36. The number of fused-ring (bicyclic) bond motifs is 4. The predicted octanol–water partition coefficient (Wildman–Crippen LogP) is 7.05.